The normalized spacial score (nSPS) is 19.1. The molecule has 92 valence electrons. The Labute approximate surface area is 110 Å². The van der Waals surface area contributed by atoms with Crippen LogP contribution in [0.3, 0.4) is 0 Å². The molecule has 1 aromatic carbocycles. The van der Waals surface area contributed by atoms with Crippen molar-refractivity contribution >= 4 is 27.5 Å². The minimum absolute atomic E-state index is 0.0814. The Balaban J connectivity index is 2.27. The molecule has 1 amide bonds. The molecule has 0 bridgehead atoms. The fourth-order valence-electron chi connectivity index (χ4n) is 2.12. The van der Waals surface area contributed by atoms with E-state index in [1.54, 1.807) is 0 Å². The summed E-state index contributed by atoms with van der Waals surface area (Å²) in [5, 5.41) is 2.99. The maximum atomic E-state index is 11.6. The highest BCUT2D eigenvalue weighted by atomic mass is 79.9. The molecule has 2 rings (SSSR count). The van der Waals surface area contributed by atoms with Crippen LogP contribution in [0.4, 0.5) is 5.69 Å². The van der Waals surface area contributed by atoms with E-state index in [4.69, 9.17) is 0 Å². The zero-order valence-electron chi connectivity index (χ0n) is 10.4. The number of carbonyl (C=O) groups is 1. The molecule has 1 aromatic rings. The molecule has 0 unspecified atom stereocenters. The number of anilines is 1. The van der Waals surface area contributed by atoms with Crippen molar-refractivity contribution in [3.05, 3.63) is 28.2 Å². The second-order valence-corrected chi connectivity index (χ2v) is 6.08. The van der Waals surface area contributed by atoms with E-state index < -0.39 is 0 Å². The summed E-state index contributed by atoms with van der Waals surface area (Å²) in [4.78, 5) is 13.8. The number of aryl methyl sites for hydroxylation is 1. The fourth-order valence-corrected chi connectivity index (χ4v) is 2.49. The van der Waals surface area contributed by atoms with Crippen LogP contribution in [-0.2, 0) is 4.79 Å². The first kappa shape index (κ1) is 12.4. The van der Waals surface area contributed by atoms with Crippen molar-refractivity contribution in [1.29, 1.82) is 0 Å². The number of rotatable bonds is 1. The predicted octanol–water partition coefficient (Wildman–Crippen LogP) is 2.47. The molecule has 0 radical (unpaired) electrons. The highest BCUT2D eigenvalue weighted by Gasteiger charge is 2.30. The van der Waals surface area contributed by atoms with E-state index in [1.165, 1.54) is 5.56 Å². The van der Waals surface area contributed by atoms with E-state index >= 15 is 0 Å². The molecule has 3 nitrogen and oxygen atoms in total. The Kier molecular flexibility index (Phi) is 3.17. The van der Waals surface area contributed by atoms with Crippen LogP contribution < -0.4 is 10.2 Å². The van der Waals surface area contributed by atoms with Gasteiger partial charge < -0.3 is 10.2 Å². The van der Waals surface area contributed by atoms with Gasteiger partial charge in [0.25, 0.3) is 0 Å². The van der Waals surface area contributed by atoms with Gasteiger partial charge in [0.15, 0.2) is 0 Å². The minimum atomic E-state index is -0.174. The highest BCUT2D eigenvalue weighted by Crippen LogP contribution is 2.25. The van der Waals surface area contributed by atoms with Crippen molar-refractivity contribution < 1.29 is 4.79 Å². The number of halogens is 1. The Morgan fingerprint density at radius 2 is 2.12 bits per heavy atom. The number of nitrogens with one attached hydrogen (secondary N) is 1. The van der Waals surface area contributed by atoms with Gasteiger partial charge in [-0.05, 0) is 38.5 Å². The van der Waals surface area contributed by atoms with Crippen LogP contribution in [0.25, 0.3) is 0 Å². The number of carbonyl (C=O) groups excluding carboxylic acids is 1. The number of piperazine rings is 1. The zero-order chi connectivity index (χ0) is 12.6. The lowest BCUT2D eigenvalue weighted by Gasteiger charge is -2.39. The van der Waals surface area contributed by atoms with Gasteiger partial charge in [-0.15, -0.1) is 0 Å². The van der Waals surface area contributed by atoms with Gasteiger partial charge in [0, 0.05) is 16.7 Å². The van der Waals surface area contributed by atoms with Gasteiger partial charge in [-0.2, -0.15) is 0 Å². The maximum Gasteiger partial charge on any atom is 0.239 e. The van der Waals surface area contributed by atoms with Gasteiger partial charge in [0.1, 0.15) is 0 Å². The van der Waals surface area contributed by atoms with E-state index in [1.807, 2.05) is 13.8 Å². The Morgan fingerprint density at radius 3 is 2.71 bits per heavy atom. The van der Waals surface area contributed by atoms with Crippen LogP contribution >= 0.6 is 15.9 Å². The topological polar surface area (TPSA) is 32.3 Å². The van der Waals surface area contributed by atoms with Crippen molar-refractivity contribution in [2.45, 2.75) is 26.3 Å². The number of hydrogen-bond acceptors (Lipinski definition) is 2. The van der Waals surface area contributed by atoms with Crippen LogP contribution in [0.5, 0.6) is 0 Å². The second kappa shape index (κ2) is 4.33. The SMILES string of the molecule is Cc1ccc(N2CC(=O)NC(C)(C)C2)cc1Br. The Bertz CT molecular complexity index is 457. The Hall–Kier alpha value is -1.03. The summed E-state index contributed by atoms with van der Waals surface area (Å²) in [6.45, 7) is 7.40. The average Bonchev–Trinajstić information content (AvgIpc) is 2.19. The minimum Gasteiger partial charge on any atom is -0.360 e. The van der Waals surface area contributed by atoms with Gasteiger partial charge in [0.05, 0.1) is 12.1 Å². The predicted molar refractivity (Wildman–Crippen MR) is 73.3 cm³/mol. The van der Waals surface area contributed by atoms with Crippen molar-refractivity contribution in [3.8, 4) is 0 Å². The molecule has 1 aliphatic rings. The van der Waals surface area contributed by atoms with Crippen LogP contribution in [0.2, 0.25) is 0 Å². The van der Waals surface area contributed by atoms with Gasteiger partial charge in [-0.1, -0.05) is 22.0 Å². The van der Waals surface area contributed by atoms with Gasteiger partial charge in [-0.25, -0.2) is 0 Å². The number of amides is 1. The fraction of sp³-hybridized carbons (Fsp3) is 0.462. The van der Waals surface area contributed by atoms with E-state index in [-0.39, 0.29) is 11.4 Å². The lowest BCUT2D eigenvalue weighted by Crippen LogP contribution is -2.60. The summed E-state index contributed by atoms with van der Waals surface area (Å²) >= 11 is 3.53. The molecule has 0 aliphatic carbocycles. The molecule has 1 aliphatic heterocycles. The lowest BCUT2D eigenvalue weighted by atomic mass is 10.0. The first-order valence-corrected chi connectivity index (χ1v) is 6.49. The third kappa shape index (κ3) is 2.80. The molecule has 0 atom stereocenters. The second-order valence-electron chi connectivity index (χ2n) is 5.22. The van der Waals surface area contributed by atoms with Crippen LogP contribution in [-0.4, -0.2) is 24.5 Å². The third-order valence-electron chi connectivity index (χ3n) is 2.92. The number of hydrogen-bond donors (Lipinski definition) is 1. The van der Waals surface area contributed by atoms with Crippen LogP contribution in [0, 0.1) is 6.92 Å². The summed E-state index contributed by atoms with van der Waals surface area (Å²) in [7, 11) is 0. The van der Waals surface area contributed by atoms with E-state index in [0.29, 0.717) is 6.54 Å². The van der Waals surface area contributed by atoms with Crippen molar-refractivity contribution in [1.82, 2.24) is 5.32 Å². The highest BCUT2D eigenvalue weighted by molar-refractivity contribution is 9.10. The molecule has 4 heteroatoms. The monoisotopic (exact) mass is 296 g/mol. The Morgan fingerprint density at radius 1 is 1.41 bits per heavy atom. The average molecular weight is 297 g/mol. The summed E-state index contributed by atoms with van der Waals surface area (Å²) in [5.41, 5.74) is 2.12. The van der Waals surface area contributed by atoms with E-state index in [9.17, 15) is 4.79 Å². The van der Waals surface area contributed by atoms with Crippen molar-refractivity contribution in [2.24, 2.45) is 0 Å². The number of nitrogens with zero attached hydrogens (tertiary/aromatic N) is 1. The van der Waals surface area contributed by atoms with Gasteiger partial charge in [-0.3, -0.25) is 4.79 Å². The van der Waals surface area contributed by atoms with E-state index in [2.05, 4.69) is 51.3 Å². The lowest BCUT2D eigenvalue weighted by molar-refractivity contribution is -0.122. The molecule has 1 heterocycles. The summed E-state index contributed by atoms with van der Waals surface area (Å²) in [6.07, 6.45) is 0. The van der Waals surface area contributed by atoms with Crippen molar-refractivity contribution in [3.63, 3.8) is 0 Å². The van der Waals surface area contributed by atoms with E-state index in [0.717, 1.165) is 16.7 Å². The van der Waals surface area contributed by atoms with Crippen LogP contribution in [0.15, 0.2) is 22.7 Å². The molecular formula is C13H17BrN2O. The van der Waals surface area contributed by atoms with Crippen molar-refractivity contribution in [2.75, 3.05) is 18.0 Å². The summed E-state index contributed by atoms with van der Waals surface area (Å²) in [6, 6.07) is 6.21. The number of benzene rings is 1. The van der Waals surface area contributed by atoms with Crippen LogP contribution in [0.1, 0.15) is 19.4 Å². The van der Waals surface area contributed by atoms with Gasteiger partial charge in [0.2, 0.25) is 5.91 Å². The molecule has 0 spiro atoms. The first-order valence-electron chi connectivity index (χ1n) is 5.69. The molecule has 1 saturated heterocycles. The summed E-state index contributed by atoms with van der Waals surface area (Å²) in [5.74, 6) is 0.0814. The molecule has 0 saturated carbocycles. The molecule has 0 aromatic heterocycles. The maximum absolute atomic E-state index is 11.6. The third-order valence-corrected chi connectivity index (χ3v) is 3.77. The summed E-state index contributed by atoms with van der Waals surface area (Å²) < 4.78 is 1.08. The molecule has 1 fully saturated rings. The zero-order valence-corrected chi connectivity index (χ0v) is 12.0. The quantitative estimate of drug-likeness (QED) is 0.863. The smallest absolute Gasteiger partial charge is 0.239 e. The first-order chi connectivity index (χ1) is 7.87. The largest absolute Gasteiger partial charge is 0.360 e. The molecular weight excluding hydrogens is 280 g/mol. The van der Waals surface area contributed by atoms with Gasteiger partial charge >= 0.3 is 0 Å². The standard InChI is InChI=1S/C13H17BrN2O/c1-9-4-5-10(6-11(9)14)16-7-12(17)15-13(2,3)8-16/h4-6H,7-8H2,1-3H3,(H,15,17). The molecule has 1 N–H and O–H groups in total. The molecule has 17 heavy (non-hydrogen) atoms.